The molecule has 0 unspecified atom stereocenters. The van der Waals surface area contributed by atoms with E-state index in [9.17, 15) is 8.78 Å². The summed E-state index contributed by atoms with van der Waals surface area (Å²) in [5.74, 6) is -1.47. The lowest BCUT2D eigenvalue weighted by Crippen LogP contribution is -2.56. The van der Waals surface area contributed by atoms with Gasteiger partial charge < -0.3 is 26.4 Å². The zero-order chi connectivity index (χ0) is 28.9. The summed E-state index contributed by atoms with van der Waals surface area (Å²) >= 11 is 0. The van der Waals surface area contributed by atoms with Gasteiger partial charge in [0.15, 0.2) is 34.3 Å². The summed E-state index contributed by atoms with van der Waals surface area (Å²) in [5.41, 5.74) is 4.17. The number of fused-ring (bicyclic) bond motifs is 5. The second-order valence-corrected chi connectivity index (χ2v) is 10.6. The van der Waals surface area contributed by atoms with E-state index in [0.717, 1.165) is 32.2 Å². The molecule has 2 aliphatic rings. The number of rotatable bonds is 3. The van der Waals surface area contributed by atoms with Crippen LogP contribution in [0.5, 0.6) is 0 Å². The minimum Gasteiger partial charge on any atom is -0.453 e. The molecule has 2 aliphatic heterocycles. The van der Waals surface area contributed by atoms with Crippen LogP contribution in [-0.2, 0) is 0 Å². The van der Waals surface area contributed by atoms with Gasteiger partial charge in [0.25, 0.3) is 0 Å². The van der Waals surface area contributed by atoms with Crippen LogP contribution in [0.15, 0.2) is 87.6 Å². The lowest BCUT2D eigenvalue weighted by atomic mass is 9.86. The molecule has 6 aromatic rings. The van der Waals surface area contributed by atoms with E-state index in [1.54, 1.807) is 24.5 Å². The smallest absolute Gasteiger partial charge is 0.453 e. The molecule has 0 N–H and O–H groups in total. The average molecular weight is 566 g/mol. The second kappa shape index (κ2) is 8.42. The van der Waals surface area contributed by atoms with Crippen molar-refractivity contribution >= 4 is 29.7 Å². The molecule has 0 aliphatic carbocycles. The molecule has 7 heterocycles. The topological polar surface area (TPSA) is 60.0 Å². The Morgan fingerprint density at radius 2 is 1.48 bits per heavy atom. The molecule has 0 fully saturated rings. The first-order valence-corrected chi connectivity index (χ1v) is 13.2. The van der Waals surface area contributed by atoms with Crippen LogP contribution in [0.25, 0.3) is 45.7 Å². The minimum absolute atomic E-state index is 0.108. The third kappa shape index (κ3) is 3.42. The zero-order valence-electron chi connectivity index (χ0n) is 22.2. The van der Waals surface area contributed by atoms with Crippen molar-refractivity contribution < 1.29 is 26.2 Å². The fourth-order valence-electron chi connectivity index (χ4n) is 5.75. The summed E-state index contributed by atoms with van der Waals surface area (Å²) in [6, 6.07) is 15.1. The van der Waals surface area contributed by atoms with E-state index >= 15 is 8.63 Å². The Kier molecular flexibility index (Phi) is 4.93. The number of halogens is 4. The molecular weight excluding hydrogens is 547 g/mol. The Balaban J connectivity index is 1.41. The van der Waals surface area contributed by atoms with Crippen LogP contribution in [0.1, 0.15) is 22.4 Å². The van der Waals surface area contributed by atoms with E-state index in [2.05, 4.69) is 9.97 Å². The van der Waals surface area contributed by atoms with Gasteiger partial charge in [-0.3, -0.25) is 9.97 Å². The van der Waals surface area contributed by atoms with Gasteiger partial charge in [0, 0.05) is 30.2 Å². The van der Waals surface area contributed by atoms with Gasteiger partial charge in [-0.2, -0.15) is 0 Å². The molecule has 0 saturated heterocycles. The predicted octanol–water partition coefficient (Wildman–Crippen LogP) is 5.83. The van der Waals surface area contributed by atoms with Crippen LogP contribution < -0.4 is 15.3 Å². The van der Waals surface area contributed by atoms with E-state index in [1.807, 2.05) is 26.0 Å². The molecule has 0 bridgehead atoms. The van der Waals surface area contributed by atoms with Crippen molar-refractivity contribution in [3.63, 3.8) is 0 Å². The number of hydrogen-bond acceptors (Lipinski definition) is 4. The van der Waals surface area contributed by atoms with Gasteiger partial charge in [-0.15, -0.1) is 0 Å². The maximum atomic E-state index is 16.8. The number of pyridine rings is 2. The standard InChI is InChI=1S/C31H19BF4N4O2/c1-16-3-7-21(37-14-16)27-10-23-29(41-27)12-25-31(18-5-6-19(33)20(34)9-18)26-13-30-24(40(26)32(35,36)39(23)25)11-28(42-30)22-8-4-17(2)15-38-22/h3-15H,1-2H3. The van der Waals surface area contributed by atoms with Gasteiger partial charge in [-0.1, -0.05) is 18.2 Å². The maximum Gasteiger partial charge on any atom is 0.738 e. The van der Waals surface area contributed by atoms with E-state index < -0.39 is 18.6 Å². The molecule has 0 spiro atoms. The number of benzene rings is 1. The number of aromatic nitrogens is 3. The Labute approximate surface area is 235 Å². The fraction of sp³-hybridized carbons (Fsp3) is 0.0645. The highest BCUT2D eigenvalue weighted by molar-refractivity contribution is 6.65. The van der Waals surface area contributed by atoms with Crippen molar-refractivity contribution in [2.45, 2.75) is 13.8 Å². The summed E-state index contributed by atoms with van der Waals surface area (Å²) in [5, 5.41) is 0.142. The Morgan fingerprint density at radius 1 is 0.786 bits per heavy atom. The lowest BCUT2D eigenvalue weighted by molar-refractivity contribution is 0.507. The molecule has 0 radical (unpaired) electrons. The summed E-state index contributed by atoms with van der Waals surface area (Å²) in [4.78, 5) is 8.73. The Morgan fingerprint density at radius 3 is 2.12 bits per heavy atom. The normalized spacial score (nSPS) is 15.1. The number of furan rings is 2. The van der Waals surface area contributed by atoms with Crippen LogP contribution in [0.3, 0.4) is 0 Å². The fourth-order valence-corrected chi connectivity index (χ4v) is 5.75. The highest BCUT2D eigenvalue weighted by Crippen LogP contribution is 2.42. The van der Waals surface area contributed by atoms with Gasteiger partial charge in [0.1, 0.15) is 17.0 Å². The number of hydrogen-bond donors (Lipinski definition) is 0. The van der Waals surface area contributed by atoms with Gasteiger partial charge in [0.2, 0.25) is 5.36 Å². The van der Waals surface area contributed by atoms with Gasteiger partial charge in [-0.05, 0) is 54.8 Å². The molecule has 11 heteroatoms. The molecule has 42 heavy (non-hydrogen) atoms. The first-order valence-electron chi connectivity index (χ1n) is 13.2. The molecule has 6 nitrogen and oxygen atoms in total. The number of allylic oxidation sites excluding steroid dienone is 1. The van der Waals surface area contributed by atoms with Crippen molar-refractivity contribution in [1.29, 1.82) is 0 Å². The average Bonchev–Trinajstić information content (AvgIpc) is 3.70. The van der Waals surface area contributed by atoms with Gasteiger partial charge in [-0.25, -0.2) is 8.78 Å². The van der Waals surface area contributed by atoms with E-state index in [1.165, 1.54) is 30.3 Å². The van der Waals surface area contributed by atoms with Crippen molar-refractivity contribution in [3.8, 4) is 22.9 Å². The van der Waals surface area contributed by atoms with Crippen molar-refractivity contribution in [2.24, 2.45) is 0 Å². The summed E-state index contributed by atoms with van der Waals surface area (Å²) in [6.45, 7) is -0.716. The van der Waals surface area contributed by atoms with E-state index in [0.29, 0.717) is 22.9 Å². The van der Waals surface area contributed by atoms with E-state index in [4.69, 9.17) is 8.83 Å². The summed E-state index contributed by atoms with van der Waals surface area (Å²) in [6.07, 6.45) is 4.83. The van der Waals surface area contributed by atoms with Crippen molar-refractivity contribution in [1.82, 2.24) is 18.9 Å². The quantitative estimate of drug-likeness (QED) is 0.200. The van der Waals surface area contributed by atoms with Crippen LogP contribution in [0.2, 0.25) is 0 Å². The molecule has 0 amide bonds. The molecular formula is C31H19BF4N4O2. The zero-order valence-corrected chi connectivity index (χ0v) is 22.2. The van der Waals surface area contributed by atoms with Crippen LogP contribution >= 0.6 is 0 Å². The SMILES string of the molecule is Cc1ccc(-c2cc3c(o2)=CC2=C(c4ccc(F)c(F)c4)c4cc5oc(-c6ccc(C)cn6)cc5n4[B-](F)(F)[N+]=32)nc1. The van der Waals surface area contributed by atoms with Crippen molar-refractivity contribution in [2.75, 3.05) is 0 Å². The molecule has 206 valence electrons. The first kappa shape index (κ1) is 24.6. The van der Waals surface area contributed by atoms with Crippen LogP contribution in [0.4, 0.5) is 17.4 Å². The third-order valence-electron chi connectivity index (χ3n) is 7.72. The molecule has 5 aromatic heterocycles. The molecule has 0 saturated carbocycles. The van der Waals surface area contributed by atoms with Crippen molar-refractivity contribution in [3.05, 3.63) is 124 Å². The first-order chi connectivity index (χ1) is 20.2. The number of aryl methyl sites for hydroxylation is 2. The highest BCUT2D eigenvalue weighted by atomic mass is 19.2. The Bertz CT molecular complexity index is 2260. The summed E-state index contributed by atoms with van der Waals surface area (Å²) in [7, 11) is 0. The molecule has 1 aromatic carbocycles. The maximum absolute atomic E-state index is 16.8. The van der Waals surface area contributed by atoms with Gasteiger partial charge >= 0.3 is 6.97 Å². The molecule has 8 rings (SSSR count). The molecule has 0 atom stereocenters. The number of nitrogens with zero attached hydrogens (tertiary/aromatic N) is 4. The third-order valence-corrected chi connectivity index (χ3v) is 7.72. The Hall–Kier alpha value is -5.19. The van der Waals surface area contributed by atoms with E-state index in [-0.39, 0.29) is 44.4 Å². The second-order valence-electron chi connectivity index (χ2n) is 10.6. The monoisotopic (exact) mass is 566 g/mol. The van der Waals surface area contributed by atoms with Crippen LogP contribution in [-0.4, -0.2) is 21.4 Å². The summed E-state index contributed by atoms with van der Waals surface area (Å²) < 4.78 is 75.9. The highest BCUT2D eigenvalue weighted by Gasteiger charge is 2.54. The minimum atomic E-state index is -4.51. The largest absolute Gasteiger partial charge is 0.738 e. The van der Waals surface area contributed by atoms with Gasteiger partial charge in [0.05, 0.1) is 23.2 Å². The predicted molar refractivity (Wildman–Crippen MR) is 150 cm³/mol. The van der Waals surface area contributed by atoms with Crippen LogP contribution in [0, 0.1) is 25.5 Å². The lowest BCUT2D eigenvalue weighted by Gasteiger charge is -2.31.